The second kappa shape index (κ2) is 5.91. The van der Waals surface area contributed by atoms with Gasteiger partial charge in [-0.05, 0) is 23.8 Å². The minimum absolute atomic E-state index is 0.0690. The van der Waals surface area contributed by atoms with Gasteiger partial charge in [0.1, 0.15) is 5.82 Å². The van der Waals surface area contributed by atoms with Crippen LogP contribution in [0.15, 0.2) is 42.7 Å². The molecule has 0 radical (unpaired) electrons. The Hall–Kier alpha value is -3.09. The number of rotatable bonds is 4. The lowest BCUT2D eigenvalue weighted by atomic mass is 10.1. The Kier molecular flexibility index (Phi) is 4.03. The van der Waals surface area contributed by atoms with Gasteiger partial charge in [0, 0.05) is 17.8 Å². The zero-order valence-electron chi connectivity index (χ0n) is 10.6. The highest BCUT2D eigenvalue weighted by Crippen LogP contribution is 2.26. The zero-order valence-corrected chi connectivity index (χ0v) is 10.6. The number of nitro benzene ring substituents is 1. The number of halogens is 1. The number of aromatic nitrogens is 1. The van der Waals surface area contributed by atoms with Crippen molar-refractivity contribution in [3.8, 4) is 5.75 Å². The third-order valence-electron chi connectivity index (χ3n) is 2.61. The van der Waals surface area contributed by atoms with Crippen LogP contribution < -0.4 is 0 Å². The third-order valence-corrected chi connectivity index (χ3v) is 2.61. The van der Waals surface area contributed by atoms with E-state index in [9.17, 15) is 24.4 Å². The van der Waals surface area contributed by atoms with Crippen molar-refractivity contribution in [3.05, 3.63) is 69.8 Å². The topological polar surface area (TPSA) is 93.3 Å². The summed E-state index contributed by atoms with van der Waals surface area (Å²) in [5, 5.41) is 20.0. The third kappa shape index (κ3) is 3.47. The van der Waals surface area contributed by atoms with Crippen molar-refractivity contribution in [1.29, 1.82) is 0 Å². The van der Waals surface area contributed by atoms with Crippen LogP contribution in [0.4, 0.5) is 10.1 Å². The Morgan fingerprint density at radius 1 is 1.33 bits per heavy atom. The molecule has 2 rings (SSSR count). The molecule has 0 amide bonds. The maximum Gasteiger partial charge on any atom is 0.311 e. The van der Waals surface area contributed by atoms with E-state index in [4.69, 9.17) is 0 Å². The number of aromatic hydroxyl groups is 1. The molecule has 0 saturated heterocycles. The fourth-order valence-corrected chi connectivity index (χ4v) is 1.61. The SMILES string of the molecule is O=C(C=Cc1ccc(O)c([N+](=O)[O-])c1)c1cncc(F)c1. The molecule has 0 unspecified atom stereocenters. The fraction of sp³-hybridized carbons (Fsp3) is 0. The second-order valence-corrected chi connectivity index (χ2v) is 4.09. The molecule has 6 nitrogen and oxygen atoms in total. The number of pyridine rings is 1. The van der Waals surface area contributed by atoms with Crippen LogP contribution in [-0.2, 0) is 0 Å². The molecular weight excluding hydrogens is 279 g/mol. The number of carbonyl (C=O) groups is 1. The van der Waals surface area contributed by atoms with Crippen molar-refractivity contribution in [2.45, 2.75) is 0 Å². The number of nitro groups is 1. The Labute approximate surface area is 118 Å². The van der Waals surface area contributed by atoms with Crippen molar-refractivity contribution in [2.24, 2.45) is 0 Å². The molecule has 0 fully saturated rings. The number of ketones is 1. The monoisotopic (exact) mass is 288 g/mol. The highest BCUT2D eigenvalue weighted by Gasteiger charge is 2.12. The normalized spacial score (nSPS) is 10.7. The van der Waals surface area contributed by atoms with Crippen molar-refractivity contribution in [3.63, 3.8) is 0 Å². The number of hydrogen-bond acceptors (Lipinski definition) is 5. The van der Waals surface area contributed by atoms with E-state index >= 15 is 0 Å². The quantitative estimate of drug-likeness (QED) is 0.404. The second-order valence-electron chi connectivity index (χ2n) is 4.09. The van der Waals surface area contributed by atoms with E-state index < -0.39 is 28.0 Å². The maximum absolute atomic E-state index is 12.9. The molecule has 1 aromatic heterocycles. The van der Waals surface area contributed by atoms with E-state index in [0.29, 0.717) is 5.56 Å². The van der Waals surface area contributed by atoms with Crippen LogP contribution >= 0.6 is 0 Å². The average molecular weight is 288 g/mol. The Morgan fingerprint density at radius 2 is 2.10 bits per heavy atom. The smallest absolute Gasteiger partial charge is 0.311 e. The number of nitrogens with zero attached hydrogens (tertiary/aromatic N) is 2. The maximum atomic E-state index is 12.9. The molecule has 0 aliphatic carbocycles. The molecule has 0 aliphatic rings. The molecule has 0 bridgehead atoms. The van der Waals surface area contributed by atoms with Crippen LogP contribution in [0.3, 0.4) is 0 Å². The number of hydrogen-bond donors (Lipinski definition) is 1. The summed E-state index contributed by atoms with van der Waals surface area (Å²) in [7, 11) is 0. The van der Waals surface area contributed by atoms with Crippen molar-refractivity contribution >= 4 is 17.5 Å². The van der Waals surface area contributed by atoms with Crippen LogP contribution in [0.5, 0.6) is 5.75 Å². The predicted molar refractivity (Wildman–Crippen MR) is 72.3 cm³/mol. The van der Waals surface area contributed by atoms with Gasteiger partial charge in [0.15, 0.2) is 11.5 Å². The Morgan fingerprint density at radius 3 is 2.76 bits per heavy atom. The first-order valence-corrected chi connectivity index (χ1v) is 5.78. The number of allylic oxidation sites excluding steroid dienone is 1. The molecule has 0 spiro atoms. The molecule has 0 aliphatic heterocycles. The largest absolute Gasteiger partial charge is 0.502 e. The number of phenols is 1. The van der Waals surface area contributed by atoms with Gasteiger partial charge in [-0.1, -0.05) is 12.1 Å². The van der Waals surface area contributed by atoms with Crippen LogP contribution in [0.25, 0.3) is 6.08 Å². The van der Waals surface area contributed by atoms with Gasteiger partial charge in [0.2, 0.25) is 0 Å². The fourth-order valence-electron chi connectivity index (χ4n) is 1.61. The Balaban J connectivity index is 2.23. The molecule has 0 atom stereocenters. The summed E-state index contributed by atoms with van der Waals surface area (Å²) in [6.07, 6.45) is 4.67. The van der Waals surface area contributed by atoms with Crippen LogP contribution in [0.2, 0.25) is 0 Å². The lowest BCUT2D eigenvalue weighted by molar-refractivity contribution is -0.385. The van der Waals surface area contributed by atoms with E-state index in [0.717, 1.165) is 30.5 Å². The van der Waals surface area contributed by atoms with Gasteiger partial charge in [0.05, 0.1) is 11.1 Å². The van der Waals surface area contributed by atoms with Gasteiger partial charge < -0.3 is 5.11 Å². The molecule has 2 aromatic rings. The number of benzene rings is 1. The summed E-state index contributed by atoms with van der Waals surface area (Å²) >= 11 is 0. The lowest BCUT2D eigenvalue weighted by Gasteiger charge is -1.98. The van der Waals surface area contributed by atoms with Gasteiger partial charge >= 0.3 is 5.69 Å². The molecule has 21 heavy (non-hydrogen) atoms. The molecule has 106 valence electrons. The van der Waals surface area contributed by atoms with Gasteiger partial charge in [-0.3, -0.25) is 19.9 Å². The van der Waals surface area contributed by atoms with E-state index in [-0.39, 0.29) is 5.56 Å². The summed E-state index contributed by atoms with van der Waals surface area (Å²) in [4.78, 5) is 25.3. The molecule has 1 heterocycles. The highest BCUT2D eigenvalue weighted by atomic mass is 19.1. The number of carbonyl (C=O) groups excluding carboxylic acids is 1. The van der Waals surface area contributed by atoms with Crippen molar-refractivity contribution < 1.29 is 19.2 Å². The first-order chi connectivity index (χ1) is 9.97. The van der Waals surface area contributed by atoms with Crippen LogP contribution in [0, 0.1) is 15.9 Å². The lowest BCUT2D eigenvalue weighted by Crippen LogP contribution is -1.96. The summed E-state index contributed by atoms with van der Waals surface area (Å²) < 4.78 is 12.9. The minimum Gasteiger partial charge on any atom is -0.502 e. The molecular formula is C14H9FN2O4. The summed E-state index contributed by atoms with van der Waals surface area (Å²) in [6, 6.07) is 4.74. The predicted octanol–water partition coefficient (Wildman–Crippen LogP) is 2.73. The van der Waals surface area contributed by atoms with E-state index in [1.54, 1.807) is 0 Å². The van der Waals surface area contributed by atoms with Gasteiger partial charge in [-0.15, -0.1) is 0 Å². The van der Waals surface area contributed by atoms with Crippen molar-refractivity contribution in [1.82, 2.24) is 4.98 Å². The minimum atomic E-state index is -0.731. The van der Waals surface area contributed by atoms with Crippen LogP contribution in [0.1, 0.15) is 15.9 Å². The zero-order chi connectivity index (χ0) is 15.4. The average Bonchev–Trinajstić information content (AvgIpc) is 2.45. The summed E-state index contributed by atoms with van der Waals surface area (Å²) in [6.45, 7) is 0. The highest BCUT2D eigenvalue weighted by molar-refractivity contribution is 6.06. The summed E-state index contributed by atoms with van der Waals surface area (Å²) in [5.41, 5.74) is -0.0336. The molecule has 0 saturated carbocycles. The van der Waals surface area contributed by atoms with Gasteiger partial charge in [-0.2, -0.15) is 0 Å². The first-order valence-electron chi connectivity index (χ1n) is 5.78. The number of phenolic OH excluding ortho intramolecular Hbond substituents is 1. The molecule has 1 aromatic carbocycles. The standard InChI is InChI=1S/C14H9FN2O4/c15-11-6-10(7-16-8-11)13(18)3-1-9-2-4-14(19)12(5-9)17(20)21/h1-8,19H. The Bertz CT molecular complexity index is 744. The van der Waals surface area contributed by atoms with E-state index in [1.165, 1.54) is 18.3 Å². The van der Waals surface area contributed by atoms with Gasteiger partial charge in [0.25, 0.3) is 0 Å². The van der Waals surface area contributed by atoms with E-state index in [2.05, 4.69) is 4.98 Å². The summed E-state index contributed by atoms with van der Waals surface area (Å²) in [5.74, 6) is -1.58. The first kappa shape index (κ1) is 14.3. The molecule has 1 N–H and O–H groups in total. The van der Waals surface area contributed by atoms with Gasteiger partial charge in [-0.25, -0.2) is 4.39 Å². The van der Waals surface area contributed by atoms with Crippen molar-refractivity contribution in [2.75, 3.05) is 0 Å². The van der Waals surface area contributed by atoms with Crippen LogP contribution in [-0.4, -0.2) is 20.8 Å². The molecule has 7 heteroatoms. The van der Waals surface area contributed by atoms with E-state index in [1.807, 2.05) is 0 Å².